The molecule has 0 aliphatic carbocycles. The lowest BCUT2D eigenvalue weighted by Crippen LogP contribution is -2.39. The van der Waals surface area contributed by atoms with Crippen molar-refractivity contribution in [1.82, 2.24) is 9.88 Å². The van der Waals surface area contributed by atoms with E-state index >= 15 is 0 Å². The van der Waals surface area contributed by atoms with E-state index in [9.17, 15) is 19.5 Å². The molecule has 1 heterocycles. The second-order valence-corrected chi connectivity index (χ2v) is 9.28. The van der Waals surface area contributed by atoms with Crippen LogP contribution in [0.25, 0.3) is 11.1 Å². The van der Waals surface area contributed by atoms with Gasteiger partial charge in [0.05, 0.1) is 18.0 Å². The Labute approximate surface area is 216 Å². The molecule has 6 nitrogen and oxygen atoms in total. The van der Waals surface area contributed by atoms with Crippen LogP contribution >= 0.6 is 0 Å². The van der Waals surface area contributed by atoms with Gasteiger partial charge in [0.1, 0.15) is 0 Å². The molecule has 37 heavy (non-hydrogen) atoms. The maximum absolute atomic E-state index is 13.2. The Bertz CT molecular complexity index is 1400. The van der Waals surface area contributed by atoms with Crippen LogP contribution < -0.4 is 10.9 Å². The lowest BCUT2D eigenvalue weighted by molar-refractivity contribution is -0.141. The van der Waals surface area contributed by atoms with Gasteiger partial charge < -0.3 is 15.0 Å². The first-order valence-electron chi connectivity index (χ1n) is 12.3. The number of nitrogens with one attached hydrogen (secondary N) is 1. The summed E-state index contributed by atoms with van der Waals surface area (Å²) in [6.45, 7) is 1.99. The fourth-order valence-electron chi connectivity index (χ4n) is 4.31. The number of amides is 1. The van der Waals surface area contributed by atoms with E-state index in [0.717, 1.165) is 22.3 Å². The molecule has 2 N–H and O–H groups in total. The smallest absolute Gasteiger partial charge is 0.306 e. The summed E-state index contributed by atoms with van der Waals surface area (Å²) >= 11 is 0. The molecule has 0 aliphatic heterocycles. The summed E-state index contributed by atoms with van der Waals surface area (Å²) < 4.78 is 1.50. The van der Waals surface area contributed by atoms with Gasteiger partial charge in [-0.25, -0.2) is 0 Å². The maximum Gasteiger partial charge on any atom is 0.306 e. The molecule has 0 saturated carbocycles. The first-order chi connectivity index (χ1) is 17.9. The van der Waals surface area contributed by atoms with Crippen LogP contribution in [0, 0.1) is 5.92 Å². The fraction of sp³-hybridized carbons (Fsp3) is 0.194. The summed E-state index contributed by atoms with van der Waals surface area (Å²) in [6.07, 6.45) is 2.32. The first-order valence-corrected chi connectivity index (χ1v) is 12.3. The van der Waals surface area contributed by atoms with E-state index in [2.05, 4.69) is 5.32 Å². The van der Waals surface area contributed by atoms with E-state index in [1.807, 2.05) is 84.9 Å². The Morgan fingerprint density at radius 3 is 2.08 bits per heavy atom. The van der Waals surface area contributed by atoms with Gasteiger partial charge in [-0.05, 0) is 41.2 Å². The predicted molar refractivity (Wildman–Crippen MR) is 144 cm³/mol. The summed E-state index contributed by atoms with van der Waals surface area (Å²) in [6, 6.07) is 30.2. The highest BCUT2D eigenvalue weighted by molar-refractivity contribution is 5.94. The highest BCUT2D eigenvalue weighted by Crippen LogP contribution is 2.21. The number of carbonyl (C=O) groups is 2. The molecule has 0 radical (unpaired) electrons. The minimum absolute atomic E-state index is 0.199. The highest BCUT2D eigenvalue weighted by Gasteiger charge is 2.21. The molecule has 0 fully saturated rings. The van der Waals surface area contributed by atoms with Crippen molar-refractivity contribution in [2.24, 2.45) is 5.92 Å². The van der Waals surface area contributed by atoms with Crippen LogP contribution in [0.2, 0.25) is 0 Å². The van der Waals surface area contributed by atoms with Crippen molar-refractivity contribution >= 4 is 11.9 Å². The molecule has 2 atom stereocenters. The number of carboxylic acids is 1. The molecular weight excluding hydrogens is 464 g/mol. The van der Waals surface area contributed by atoms with Gasteiger partial charge in [-0.15, -0.1) is 0 Å². The number of pyridine rings is 1. The minimum Gasteiger partial charge on any atom is -0.481 e. The van der Waals surface area contributed by atoms with E-state index in [0.29, 0.717) is 18.5 Å². The second-order valence-electron chi connectivity index (χ2n) is 9.28. The molecule has 0 aliphatic rings. The van der Waals surface area contributed by atoms with Crippen LogP contribution in [0.5, 0.6) is 0 Å². The van der Waals surface area contributed by atoms with Crippen molar-refractivity contribution in [3.63, 3.8) is 0 Å². The standard InChI is InChI=1S/C31H30N2O4/c1-22(31(36)37)18-28(19-23-12-14-26(15-13-23)25-10-6-3-7-11-25)32-30(35)27-16-17-29(34)33(21-27)20-24-8-4-2-5-9-24/h2-17,21-22,28H,18-20H2,1H3,(H,32,35)(H,36,37)/t22-,28+/m1/s1. The zero-order chi connectivity index (χ0) is 26.2. The molecule has 4 aromatic rings. The molecule has 0 saturated heterocycles. The Morgan fingerprint density at radius 2 is 1.43 bits per heavy atom. The zero-order valence-electron chi connectivity index (χ0n) is 20.7. The highest BCUT2D eigenvalue weighted by atomic mass is 16.4. The van der Waals surface area contributed by atoms with Crippen LogP contribution in [0.3, 0.4) is 0 Å². The largest absolute Gasteiger partial charge is 0.481 e. The van der Waals surface area contributed by atoms with E-state index in [1.54, 1.807) is 13.1 Å². The summed E-state index contributed by atoms with van der Waals surface area (Å²) in [5.41, 5.74) is 4.30. The van der Waals surface area contributed by atoms with Gasteiger partial charge in [-0.3, -0.25) is 14.4 Å². The van der Waals surface area contributed by atoms with Gasteiger partial charge in [0.2, 0.25) is 0 Å². The SMILES string of the molecule is C[C@H](C[C@@H](Cc1ccc(-c2ccccc2)cc1)NC(=O)c1ccc(=O)n(Cc2ccccc2)c1)C(=O)O. The molecule has 1 amide bonds. The molecular formula is C31H30N2O4. The molecule has 4 rings (SSSR count). The van der Waals surface area contributed by atoms with Gasteiger partial charge in [0.15, 0.2) is 0 Å². The van der Waals surface area contributed by atoms with Crippen LogP contribution in [0.4, 0.5) is 0 Å². The van der Waals surface area contributed by atoms with E-state index in [-0.39, 0.29) is 17.9 Å². The van der Waals surface area contributed by atoms with Crippen molar-refractivity contribution in [2.45, 2.75) is 32.4 Å². The van der Waals surface area contributed by atoms with Crippen molar-refractivity contribution in [1.29, 1.82) is 0 Å². The van der Waals surface area contributed by atoms with Gasteiger partial charge in [-0.2, -0.15) is 0 Å². The van der Waals surface area contributed by atoms with E-state index < -0.39 is 17.9 Å². The Morgan fingerprint density at radius 1 is 0.811 bits per heavy atom. The number of hydrogen-bond donors (Lipinski definition) is 2. The number of hydrogen-bond acceptors (Lipinski definition) is 3. The lowest BCUT2D eigenvalue weighted by atomic mass is 9.94. The summed E-state index contributed by atoms with van der Waals surface area (Å²) in [5.74, 6) is -1.87. The van der Waals surface area contributed by atoms with Crippen molar-refractivity contribution in [3.05, 3.63) is 130 Å². The average Bonchev–Trinajstić information content (AvgIpc) is 2.91. The molecule has 0 unspecified atom stereocenters. The van der Waals surface area contributed by atoms with Crippen LogP contribution in [0.1, 0.15) is 34.8 Å². The zero-order valence-corrected chi connectivity index (χ0v) is 20.7. The van der Waals surface area contributed by atoms with Crippen molar-refractivity contribution in [3.8, 4) is 11.1 Å². The number of benzene rings is 3. The van der Waals surface area contributed by atoms with Gasteiger partial charge in [0, 0.05) is 18.3 Å². The van der Waals surface area contributed by atoms with Crippen molar-refractivity contribution < 1.29 is 14.7 Å². The third kappa shape index (κ3) is 7.04. The van der Waals surface area contributed by atoms with Gasteiger partial charge in [-0.1, -0.05) is 91.9 Å². The number of carbonyl (C=O) groups excluding carboxylic acids is 1. The number of aromatic nitrogens is 1. The summed E-state index contributed by atoms with van der Waals surface area (Å²) in [5, 5.41) is 12.5. The Kier molecular flexibility index (Phi) is 8.31. The van der Waals surface area contributed by atoms with Gasteiger partial charge in [0.25, 0.3) is 11.5 Å². The Balaban J connectivity index is 1.51. The van der Waals surface area contributed by atoms with E-state index in [1.165, 1.54) is 16.7 Å². The summed E-state index contributed by atoms with van der Waals surface area (Å²) in [7, 11) is 0. The number of rotatable bonds is 10. The topological polar surface area (TPSA) is 88.4 Å². The quantitative estimate of drug-likeness (QED) is 0.324. The first kappa shape index (κ1) is 25.6. The minimum atomic E-state index is -0.907. The fourth-order valence-corrected chi connectivity index (χ4v) is 4.31. The second kappa shape index (κ2) is 12.0. The normalized spacial score (nSPS) is 12.5. The van der Waals surface area contributed by atoms with Crippen LogP contribution in [-0.2, 0) is 17.8 Å². The molecule has 6 heteroatoms. The lowest BCUT2D eigenvalue weighted by Gasteiger charge is -2.21. The third-order valence-corrected chi connectivity index (χ3v) is 6.38. The summed E-state index contributed by atoms with van der Waals surface area (Å²) in [4.78, 5) is 37.1. The number of nitrogens with zero attached hydrogens (tertiary/aromatic N) is 1. The Hall–Kier alpha value is -4.45. The van der Waals surface area contributed by atoms with Crippen molar-refractivity contribution in [2.75, 3.05) is 0 Å². The third-order valence-electron chi connectivity index (χ3n) is 6.38. The molecule has 3 aromatic carbocycles. The predicted octanol–water partition coefficient (Wildman–Crippen LogP) is 5.02. The molecule has 0 bridgehead atoms. The number of aliphatic carboxylic acids is 1. The average molecular weight is 495 g/mol. The van der Waals surface area contributed by atoms with Crippen LogP contribution in [-0.4, -0.2) is 27.6 Å². The molecule has 188 valence electrons. The molecule has 1 aromatic heterocycles. The molecule has 0 spiro atoms. The van der Waals surface area contributed by atoms with E-state index in [4.69, 9.17) is 0 Å². The monoisotopic (exact) mass is 494 g/mol. The van der Waals surface area contributed by atoms with Gasteiger partial charge >= 0.3 is 5.97 Å². The van der Waals surface area contributed by atoms with Crippen LogP contribution in [0.15, 0.2) is 108 Å². The number of carboxylic acid groups (broad SMARTS) is 1. The maximum atomic E-state index is 13.2.